The summed E-state index contributed by atoms with van der Waals surface area (Å²) in [5.41, 5.74) is 1.03. The Hall–Kier alpha value is -2.37. The lowest BCUT2D eigenvalue weighted by atomic mass is 10.2. The summed E-state index contributed by atoms with van der Waals surface area (Å²) in [6, 6.07) is 4.51. The Morgan fingerprint density at radius 1 is 1.53 bits per heavy atom. The van der Waals surface area contributed by atoms with Gasteiger partial charge in [0, 0.05) is 13.1 Å². The van der Waals surface area contributed by atoms with E-state index in [0.717, 1.165) is 0 Å². The highest BCUT2D eigenvalue weighted by Crippen LogP contribution is 2.18. The molecule has 6 heteroatoms. The molecule has 0 atom stereocenters. The van der Waals surface area contributed by atoms with Crippen LogP contribution in [0.25, 0.3) is 0 Å². The fraction of sp³-hybridized carbons (Fsp3) is 0.231. The number of aromatic nitrogens is 2. The molecule has 0 aliphatic carbocycles. The zero-order valence-corrected chi connectivity index (χ0v) is 10.6. The highest BCUT2D eigenvalue weighted by Gasteiger charge is 2.15. The molecule has 0 radical (unpaired) electrons. The third-order valence-corrected chi connectivity index (χ3v) is 2.81. The Morgan fingerprint density at radius 3 is 2.89 bits per heavy atom. The van der Waals surface area contributed by atoms with Gasteiger partial charge in [-0.15, -0.1) is 0 Å². The molecular weight excluding hydrogens is 251 g/mol. The van der Waals surface area contributed by atoms with Gasteiger partial charge < -0.3 is 9.84 Å². The summed E-state index contributed by atoms with van der Waals surface area (Å²) in [6.07, 6.45) is 1.26. The summed E-state index contributed by atoms with van der Waals surface area (Å²) < 4.78 is 20.2. The van der Waals surface area contributed by atoms with Crippen LogP contribution < -0.4 is 4.74 Å². The quantitative estimate of drug-likeness (QED) is 0.919. The van der Waals surface area contributed by atoms with Crippen LogP contribution in [0, 0.1) is 12.7 Å². The van der Waals surface area contributed by atoms with E-state index in [-0.39, 0.29) is 18.0 Å². The van der Waals surface area contributed by atoms with E-state index < -0.39 is 5.97 Å². The van der Waals surface area contributed by atoms with Gasteiger partial charge in [-0.1, -0.05) is 6.07 Å². The first-order valence-corrected chi connectivity index (χ1v) is 5.62. The van der Waals surface area contributed by atoms with Crippen LogP contribution in [0.4, 0.5) is 4.39 Å². The molecular formula is C13H13FN2O3. The predicted molar refractivity (Wildman–Crippen MR) is 65.6 cm³/mol. The van der Waals surface area contributed by atoms with Crippen molar-refractivity contribution < 1.29 is 19.0 Å². The van der Waals surface area contributed by atoms with Gasteiger partial charge in [0.2, 0.25) is 0 Å². The first-order valence-electron chi connectivity index (χ1n) is 5.62. The number of halogens is 1. The van der Waals surface area contributed by atoms with Crippen molar-refractivity contribution in [3.8, 4) is 5.75 Å². The fourth-order valence-electron chi connectivity index (χ4n) is 1.63. The van der Waals surface area contributed by atoms with Crippen molar-refractivity contribution in [3.63, 3.8) is 0 Å². The van der Waals surface area contributed by atoms with Gasteiger partial charge in [0.1, 0.15) is 23.7 Å². The molecule has 2 rings (SSSR count). The fourth-order valence-corrected chi connectivity index (χ4v) is 1.63. The van der Waals surface area contributed by atoms with Gasteiger partial charge in [-0.2, -0.15) is 5.10 Å². The zero-order chi connectivity index (χ0) is 14.0. The first-order chi connectivity index (χ1) is 8.99. The topological polar surface area (TPSA) is 64.3 Å². The van der Waals surface area contributed by atoms with Gasteiger partial charge in [0.05, 0.1) is 11.9 Å². The molecule has 100 valence electrons. The van der Waals surface area contributed by atoms with Gasteiger partial charge in [-0.25, -0.2) is 9.18 Å². The molecule has 1 aromatic carbocycles. The number of carboxylic acid groups (broad SMARTS) is 1. The minimum Gasteiger partial charge on any atom is -0.487 e. The SMILES string of the molecule is Cc1ccc(OCc2c(C(=O)O)cnn2C)cc1F. The van der Waals surface area contributed by atoms with Crippen LogP contribution in [0.2, 0.25) is 0 Å². The molecule has 19 heavy (non-hydrogen) atoms. The molecule has 0 fully saturated rings. The number of carbonyl (C=O) groups is 1. The molecule has 0 unspecified atom stereocenters. The van der Waals surface area contributed by atoms with Gasteiger partial charge >= 0.3 is 5.97 Å². The molecule has 0 bridgehead atoms. The lowest BCUT2D eigenvalue weighted by molar-refractivity contribution is 0.0693. The normalized spacial score (nSPS) is 10.5. The second-order valence-electron chi connectivity index (χ2n) is 4.13. The number of ether oxygens (including phenoxy) is 1. The van der Waals surface area contributed by atoms with E-state index in [1.165, 1.54) is 16.9 Å². The Bertz CT molecular complexity index is 622. The number of rotatable bonds is 4. The second-order valence-corrected chi connectivity index (χ2v) is 4.13. The van der Waals surface area contributed by atoms with E-state index in [9.17, 15) is 9.18 Å². The Kier molecular flexibility index (Phi) is 3.50. The van der Waals surface area contributed by atoms with E-state index in [0.29, 0.717) is 17.0 Å². The standard InChI is InChI=1S/C13H13FN2O3/c1-8-3-4-9(5-11(8)14)19-7-12-10(13(17)18)6-15-16(12)2/h3-6H,7H2,1-2H3,(H,17,18). The van der Waals surface area contributed by atoms with Crippen molar-refractivity contribution in [2.45, 2.75) is 13.5 Å². The minimum atomic E-state index is -1.07. The van der Waals surface area contributed by atoms with Crippen LogP contribution in [0.1, 0.15) is 21.6 Å². The van der Waals surface area contributed by atoms with Crippen LogP contribution in [-0.2, 0) is 13.7 Å². The van der Waals surface area contributed by atoms with E-state index in [1.807, 2.05) is 0 Å². The van der Waals surface area contributed by atoms with E-state index in [1.54, 1.807) is 26.1 Å². The average molecular weight is 264 g/mol. The molecule has 0 spiro atoms. The molecule has 0 aliphatic rings. The summed E-state index contributed by atoms with van der Waals surface area (Å²) in [6.45, 7) is 1.67. The summed E-state index contributed by atoms with van der Waals surface area (Å²) in [5, 5.41) is 12.9. The van der Waals surface area contributed by atoms with Crippen LogP contribution in [-0.4, -0.2) is 20.9 Å². The number of hydrogen-bond donors (Lipinski definition) is 1. The highest BCUT2D eigenvalue weighted by molar-refractivity contribution is 5.88. The molecule has 1 aromatic heterocycles. The summed E-state index contributed by atoms with van der Waals surface area (Å²) in [5.74, 6) is -1.08. The van der Waals surface area contributed by atoms with Gasteiger partial charge in [0.15, 0.2) is 0 Å². The lowest BCUT2D eigenvalue weighted by Gasteiger charge is -2.08. The average Bonchev–Trinajstić information content (AvgIpc) is 2.72. The Morgan fingerprint density at radius 2 is 2.26 bits per heavy atom. The maximum Gasteiger partial charge on any atom is 0.339 e. The number of hydrogen-bond acceptors (Lipinski definition) is 3. The summed E-state index contributed by atoms with van der Waals surface area (Å²) in [4.78, 5) is 11.0. The Labute approximate surface area is 109 Å². The maximum absolute atomic E-state index is 13.3. The molecule has 0 amide bonds. The van der Waals surface area contributed by atoms with E-state index in [4.69, 9.17) is 9.84 Å². The Balaban J connectivity index is 2.16. The molecule has 0 aliphatic heterocycles. The number of benzene rings is 1. The molecule has 1 heterocycles. The predicted octanol–water partition coefficient (Wildman–Crippen LogP) is 2.14. The largest absolute Gasteiger partial charge is 0.487 e. The van der Waals surface area contributed by atoms with Crippen molar-refractivity contribution in [1.82, 2.24) is 9.78 Å². The smallest absolute Gasteiger partial charge is 0.339 e. The van der Waals surface area contributed by atoms with Crippen molar-refractivity contribution in [2.75, 3.05) is 0 Å². The third-order valence-electron chi connectivity index (χ3n) is 2.81. The maximum atomic E-state index is 13.3. The van der Waals surface area contributed by atoms with E-state index >= 15 is 0 Å². The third kappa shape index (κ3) is 2.73. The van der Waals surface area contributed by atoms with Crippen molar-refractivity contribution in [1.29, 1.82) is 0 Å². The number of aromatic carboxylic acids is 1. The van der Waals surface area contributed by atoms with E-state index in [2.05, 4.69) is 5.10 Å². The monoisotopic (exact) mass is 264 g/mol. The van der Waals surface area contributed by atoms with Gasteiger partial charge in [-0.3, -0.25) is 4.68 Å². The molecule has 2 aromatic rings. The van der Waals surface area contributed by atoms with Crippen molar-refractivity contribution in [3.05, 3.63) is 47.0 Å². The molecule has 0 saturated carbocycles. The van der Waals surface area contributed by atoms with Gasteiger partial charge in [-0.05, 0) is 18.6 Å². The number of carboxylic acids is 1. The van der Waals surface area contributed by atoms with Crippen LogP contribution in [0.15, 0.2) is 24.4 Å². The molecule has 0 saturated heterocycles. The highest BCUT2D eigenvalue weighted by atomic mass is 19.1. The summed E-state index contributed by atoms with van der Waals surface area (Å²) in [7, 11) is 1.63. The number of aryl methyl sites for hydroxylation is 2. The van der Waals surface area contributed by atoms with Crippen molar-refractivity contribution >= 4 is 5.97 Å². The van der Waals surface area contributed by atoms with Crippen LogP contribution >= 0.6 is 0 Å². The van der Waals surface area contributed by atoms with Crippen LogP contribution in [0.3, 0.4) is 0 Å². The number of nitrogens with zero attached hydrogens (tertiary/aromatic N) is 2. The summed E-state index contributed by atoms with van der Waals surface area (Å²) >= 11 is 0. The molecule has 1 N–H and O–H groups in total. The second kappa shape index (κ2) is 5.09. The first kappa shape index (κ1) is 13.1. The zero-order valence-electron chi connectivity index (χ0n) is 10.6. The minimum absolute atomic E-state index is 0.0145. The molecule has 5 nitrogen and oxygen atoms in total. The van der Waals surface area contributed by atoms with Gasteiger partial charge in [0.25, 0.3) is 0 Å². The van der Waals surface area contributed by atoms with Crippen LogP contribution in [0.5, 0.6) is 5.75 Å². The van der Waals surface area contributed by atoms with Crippen molar-refractivity contribution in [2.24, 2.45) is 7.05 Å². The lowest BCUT2D eigenvalue weighted by Crippen LogP contribution is -2.08.